The van der Waals surface area contributed by atoms with Gasteiger partial charge in [-0.3, -0.25) is 5.32 Å². The standard InChI is InChI=1S/C19H17F6N5O2/c1-9-8-30(5-4-26-9)13-7-10(18(20,21)22)6-12(28-13)11-2-3-27-16-14(11)15(19(23,24)25)32-17(31)29-16/h2-3,6-7,9,15,26H,4-5,8H2,1H3,(H,27,29,31)/t9-,15+/m0/s1. The number of alkyl halides is 6. The average Bonchev–Trinajstić information content (AvgIpc) is 2.71. The lowest BCUT2D eigenvalue weighted by molar-refractivity contribution is -0.206. The molecule has 0 aromatic carbocycles. The number of rotatable bonds is 2. The molecule has 0 bridgehead atoms. The van der Waals surface area contributed by atoms with Crippen LogP contribution in [0.4, 0.5) is 42.8 Å². The molecule has 13 heteroatoms. The smallest absolute Gasteiger partial charge is 0.430 e. The molecule has 172 valence electrons. The first-order valence-corrected chi connectivity index (χ1v) is 9.54. The maximum absolute atomic E-state index is 13.6. The summed E-state index contributed by atoms with van der Waals surface area (Å²) in [6.07, 6.45) is -12.7. The molecule has 2 atom stereocenters. The van der Waals surface area contributed by atoms with Gasteiger partial charge < -0.3 is 15.0 Å². The number of nitrogens with zero attached hydrogens (tertiary/aromatic N) is 3. The van der Waals surface area contributed by atoms with E-state index in [9.17, 15) is 31.1 Å². The fraction of sp³-hybridized carbons (Fsp3) is 0.421. The summed E-state index contributed by atoms with van der Waals surface area (Å²) in [7, 11) is 0. The predicted octanol–water partition coefficient (Wildman–Crippen LogP) is 4.13. The van der Waals surface area contributed by atoms with Crippen molar-refractivity contribution in [1.82, 2.24) is 15.3 Å². The molecule has 0 unspecified atom stereocenters. The lowest BCUT2D eigenvalue weighted by atomic mass is 9.98. The van der Waals surface area contributed by atoms with Gasteiger partial charge in [-0.15, -0.1) is 0 Å². The maximum Gasteiger partial charge on any atom is 0.430 e. The number of nitrogens with one attached hydrogen (secondary N) is 2. The highest BCUT2D eigenvalue weighted by molar-refractivity contribution is 5.89. The summed E-state index contributed by atoms with van der Waals surface area (Å²) < 4.78 is 86.2. The Bertz CT molecular complexity index is 1040. The normalized spacial score (nSPS) is 21.6. The van der Waals surface area contributed by atoms with Crippen molar-refractivity contribution in [2.45, 2.75) is 31.4 Å². The van der Waals surface area contributed by atoms with Gasteiger partial charge in [0, 0.05) is 37.4 Å². The SMILES string of the molecule is C[C@H]1CN(c2cc(C(F)(F)F)cc(-c3ccnc4c3[C@H](C(F)(F)F)OC(=O)N4)n2)CCN1. The molecular formula is C19H17F6N5O2. The molecular weight excluding hydrogens is 444 g/mol. The van der Waals surface area contributed by atoms with Gasteiger partial charge in [-0.05, 0) is 25.1 Å². The van der Waals surface area contributed by atoms with Gasteiger partial charge in [-0.1, -0.05) is 0 Å². The molecule has 1 saturated heterocycles. The van der Waals surface area contributed by atoms with E-state index in [1.165, 1.54) is 0 Å². The fourth-order valence-electron chi connectivity index (χ4n) is 3.70. The molecule has 4 heterocycles. The lowest BCUT2D eigenvalue weighted by Crippen LogP contribution is -2.49. The van der Waals surface area contributed by atoms with Crippen LogP contribution in [0, 0.1) is 0 Å². The van der Waals surface area contributed by atoms with Crippen molar-refractivity contribution in [2.24, 2.45) is 0 Å². The van der Waals surface area contributed by atoms with Crippen LogP contribution >= 0.6 is 0 Å². The number of pyridine rings is 2. The molecule has 7 nitrogen and oxygen atoms in total. The molecule has 1 amide bonds. The van der Waals surface area contributed by atoms with E-state index in [-0.39, 0.29) is 23.1 Å². The van der Waals surface area contributed by atoms with Crippen molar-refractivity contribution >= 4 is 17.7 Å². The highest BCUT2D eigenvalue weighted by Crippen LogP contribution is 2.46. The zero-order valence-electron chi connectivity index (χ0n) is 16.5. The first-order chi connectivity index (χ1) is 14.9. The third-order valence-electron chi connectivity index (χ3n) is 5.10. The topological polar surface area (TPSA) is 79.4 Å². The van der Waals surface area contributed by atoms with Gasteiger partial charge in [-0.2, -0.15) is 26.3 Å². The lowest BCUT2D eigenvalue weighted by Gasteiger charge is -2.33. The molecule has 0 radical (unpaired) electrons. The van der Waals surface area contributed by atoms with Crippen LogP contribution in [0.1, 0.15) is 24.2 Å². The van der Waals surface area contributed by atoms with E-state index in [4.69, 9.17) is 0 Å². The van der Waals surface area contributed by atoms with E-state index in [1.54, 1.807) is 4.90 Å². The number of fused-ring (bicyclic) bond motifs is 1. The van der Waals surface area contributed by atoms with Gasteiger partial charge in [-0.25, -0.2) is 14.8 Å². The zero-order valence-corrected chi connectivity index (χ0v) is 16.5. The largest absolute Gasteiger partial charge is 0.431 e. The van der Waals surface area contributed by atoms with Crippen molar-refractivity contribution in [3.05, 3.63) is 35.5 Å². The molecule has 0 saturated carbocycles. The average molecular weight is 461 g/mol. The van der Waals surface area contributed by atoms with Gasteiger partial charge >= 0.3 is 18.4 Å². The van der Waals surface area contributed by atoms with Crippen molar-refractivity contribution in [2.75, 3.05) is 29.9 Å². The summed E-state index contributed by atoms with van der Waals surface area (Å²) in [5.41, 5.74) is -2.27. The van der Waals surface area contributed by atoms with Gasteiger partial charge in [0.05, 0.1) is 16.8 Å². The molecule has 0 spiro atoms. The van der Waals surface area contributed by atoms with Crippen LogP contribution in [0.15, 0.2) is 24.4 Å². The summed E-state index contributed by atoms with van der Waals surface area (Å²) in [4.78, 5) is 21.2. The maximum atomic E-state index is 13.6. The van der Waals surface area contributed by atoms with Crippen LogP contribution in [0.25, 0.3) is 11.3 Å². The molecule has 4 rings (SSSR count). The Labute approximate surface area is 177 Å². The van der Waals surface area contributed by atoms with Crippen LogP contribution in [0.3, 0.4) is 0 Å². The van der Waals surface area contributed by atoms with E-state index >= 15 is 0 Å². The first-order valence-electron chi connectivity index (χ1n) is 9.54. The molecule has 2 aliphatic rings. The summed E-state index contributed by atoms with van der Waals surface area (Å²) in [6.45, 7) is 3.10. The second-order valence-corrected chi connectivity index (χ2v) is 7.47. The van der Waals surface area contributed by atoms with Gasteiger partial charge in [0.25, 0.3) is 0 Å². The number of cyclic esters (lactones) is 1. The third kappa shape index (κ3) is 4.29. The van der Waals surface area contributed by atoms with Crippen LogP contribution in [0.5, 0.6) is 0 Å². The number of hydrogen-bond acceptors (Lipinski definition) is 6. The summed E-state index contributed by atoms with van der Waals surface area (Å²) in [5, 5.41) is 5.22. The van der Waals surface area contributed by atoms with Crippen LogP contribution in [-0.4, -0.2) is 47.9 Å². The van der Waals surface area contributed by atoms with Crippen LogP contribution in [-0.2, 0) is 10.9 Å². The molecule has 0 aliphatic carbocycles. The molecule has 2 aromatic heterocycles. The van der Waals surface area contributed by atoms with Gasteiger partial charge in [0.1, 0.15) is 11.6 Å². The minimum atomic E-state index is -5.01. The van der Waals surface area contributed by atoms with Crippen molar-refractivity contribution in [3.63, 3.8) is 0 Å². The number of piperazine rings is 1. The third-order valence-corrected chi connectivity index (χ3v) is 5.10. The highest BCUT2D eigenvalue weighted by atomic mass is 19.4. The molecule has 2 aromatic rings. The number of aromatic nitrogens is 2. The number of carbonyl (C=O) groups excluding carboxylic acids is 1. The van der Waals surface area contributed by atoms with Crippen LogP contribution in [0.2, 0.25) is 0 Å². The molecule has 32 heavy (non-hydrogen) atoms. The van der Waals surface area contributed by atoms with Crippen molar-refractivity contribution < 1.29 is 35.9 Å². The first kappa shape index (κ1) is 22.1. The van der Waals surface area contributed by atoms with Gasteiger partial charge in [0.2, 0.25) is 6.10 Å². The fourth-order valence-corrected chi connectivity index (χ4v) is 3.70. The Hall–Kier alpha value is -3.09. The van der Waals surface area contributed by atoms with E-state index < -0.39 is 41.5 Å². The molecule has 1 fully saturated rings. The number of halogens is 6. The Balaban J connectivity index is 1.90. The highest BCUT2D eigenvalue weighted by Gasteiger charge is 2.49. The number of carbonyl (C=O) groups is 1. The second-order valence-electron chi connectivity index (χ2n) is 7.47. The minimum absolute atomic E-state index is 0.0157. The van der Waals surface area contributed by atoms with Crippen LogP contribution < -0.4 is 15.5 Å². The Morgan fingerprint density at radius 1 is 1.19 bits per heavy atom. The van der Waals surface area contributed by atoms with E-state index in [0.29, 0.717) is 25.7 Å². The molecule has 2 aliphatic heterocycles. The second kappa shape index (κ2) is 7.80. The minimum Gasteiger partial charge on any atom is -0.431 e. The van der Waals surface area contributed by atoms with Gasteiger partial charge in [0.15, 0.2) is 0 Å². The zero-order chi connectivity index (χ0) is 23.3. The number of ether oxygens (including phenoxy) is 1. The molecule has 2 N–H and O–H groups in total. The van der Waals surface area contributed by atoms with Crippen molar-refractivity contribution in [3.8, 4) is 11.3 Å². The van der Waals surface area contributed by atoms with E-state index in [2.05, 4.69) is 25.3 Å². The number of anilines is 2. The Kier molecular flexibility index (Phi) is 5.39. The number of amides is 1. The Morgan fingerprint density at radius 3 is 2.59 bits per heavy atom. The van der Waals surface area contributed by atoms with E-state index in [0.717, 1.165) is 18.3 Å². The monoisotopic (exact) mass is 461 g/mol. The Morgan fingerprint density at radius 2 is 1.94 bits per heavy atom. The summed E-state index contributed by atoms with van der Waals surface area (Å²) in [5.74, 6) is -0.462. The summed E-state index contributed by atoms with van der Waals surface area (Å²) >= 11 is 0. The van der Waals surface area contributed by atoms with Crippen molar-refractivity contribution in [1.29, 1.82) is 0 Å². The predicted molar refractivity (Wildman–Crippen MR) is 101 cm³/mol. The number of hydrogen-bond donors (Lipinski definition) is 2. The quantitative estimate of drug-likeness (QED) is 0.655. The summed E-state index contributed by atoms with van der Waals surface area (Å²) in [6, 6.07) is 2.64. The van der Waals surface area contributed by atoms with E-state index in [1.807, 2.05) is 6.92 Å².